The number of sulfone groups is 1. The number of aromatic nitrogens is 1. The van der Waals surface area contributed by atoms with Gasteiger partial charge in [-0.25, -0.2) is 13.4 Å². The Kier molecular flexibility index (Phi) is 5.44. The summed E-state index contributed by atoms with van der Waals surface area (Å²) in [5, 5.41) is 12.9. The molecule has 10 nitrogen and oxygen atoms in total. The van der Waals surface area contributed by atoms with Crippen LogP contribution in [0.15, 0.2) is 39.6 Å². The fourth-order valence-electron chi connectivity index (χ4n) is 1.63. The van der Waals surface area contributed by atoms with Crippen molar-refractivity contribution in [2.24, 2.45) is 0 Å². The smallest absolute Gasteiger partial charge is 0.303 e. The van der Waals surface area contributed by atoms with E-state index in [-0.39, 0.29) is 19.9 Å². The maximum Gasteiger partial charge on any atom is 0.303 e. The number of amides is 1. The molecule has 0 aliphatic rings. The van der Waals surface area contributed by atoms with E-state index in [4.69, 9.17) is 0 Å². The molecular formula is C13H11N3O7S2. The average Bonchev–Trinajstić information content (AvgIpc) is 3.02. The van der Waals surface area contributed by atoms with Crippen molar-refractivity contribution in [2.75, 3.05) is 11.9 Å². The van der Waals surface area contributed by atoms with Gasteiger partial charge in [0.25, 0.3) is 11.6 Å². The summed E-state index contributed by atoms with van der Waals surface area (Å²) in [4.78, 5) is 35.7. The predicted octanol–water partition coefficient (Wildman–Crippen LogP) is 1.39. The van der Waals surface area contributed by atoms with E-state index in [1.54, 1.807) is 0 Å². The van der Waals surface area contributed by atoms with E-state index < -0.39 is 33.2 Å². The minimum atomic E-state index is -3.93. The second-order valence-corrected chi connectivity index (χ2v) is 7.77. The predicted molar refractivity (Wildman–Crippen MR) is 85.9 cm³/mol. The van der Waals surface area contributed by atoms with Crippen LogP contribution >= 0.6 is 11.3 Å². The number of nitrogens with zero attached hydrogens (tertiary/aromatic N) is 2. The Labute approximate surface area is 145 Å². The summed E-state index contributed by atoms with van der Waals surface area (Å²) in [6, 6.07) is 4.39. The number of carbonyl (C=O) groups excluding carboxylic acids is 2. The van der Waals surface area contributed by atoms with E-state index in [9.17, 15) is 28.1 Å². The Hall–Kier alpha value is -2.86. The number of benzene rings is 1. The molecule has 1 aromatic heterocycles. The van der Waals surface area contributed by atoms with Gasteiger partial charge >= 0.3 is 5.97 Å². The van der Waals surface area contributed by atoms with Crippen LogP contribution in [0.25, 0.3) is 0 Å². The molecule has 0 aliphatic carbocycles. The van der Waals surface area contributed by atoms with Crippen LogP contribution in [0, 0.1) is 10.1 Å². The van der Waals surface area contributed by atoms with Crippen molar-refractivity contribution in [3.05, 3.63) is 40.6 Å². The van der Waals surface area contributed by atoms with Gasteiger partial charge < -0.3 is 4.74 Å². The Bertz CT molecular complexity index is 919. The van der Waals surface area contributed by atoms with Crippen molar-refractivity contribution in [1.82, 2.24) is 4.98 Å². The van der Waals surface area contributed by atoms with E-state index in [0.717, 1.165) is 37.4 Å². The lowest BCUT2D eigenvalue weighted by Crippen LogP contribution is -2.19. The lowest BCUT2D eigenvalue weighted by molar-refractivity contribution is -0.384. The van der Waals surface area contributed by atoms with E-state index in [1.165, 1.54) is 0 Å². The summed E-state index contributed by atoms with van der Waals surface area (Å²) in [6.07, 6.45) is 1.06. The fraction of sp³-hybridized carbons (Fsp3) is 0.154. The molecule has 12 heteroatoms. The molecule has 2 aromatic rings. The van der Waals surface area contributed by atoms with Crippen LogP contribution in [0.5, 0.6) is 0 Å². The van der Waals surface area contributed by atoms with Crippen molar-refractivity contribution in [2.45, 2.75) is 16.0 Å². The molecule has 0 atom stereocenters. The Morgan fingerprint density at radius 2 is 1.96 bits per heavy atom. The van der Waals surface area contributed by atoms with Gasteiger partial charge in [0.15, 0.2) is 11.7 Å². The lowest BCUT2D eigenvalue weighted by Gasteiger charge is -2.02. The van der Waals surface area contributed by atoms with Crippen molar-refractivity contribution in [1.29, 1.82) is 0 Å². The number of hydrogen-bond acceptors (Lipinski definition) is 9. The average molecular weight is 385 g/mol. The zero-order chi connectivity index (χ0) is 18.6. The summed E-state index contributed by atoms with van der Waals surface area (Å²) in [6.45, 7) is 0.630. The third-order valence-electron chi connectivity index (χ3n) is 2.76. The van der Waals surface area contributed by atoms with Crippen LogP contribution in [0.3, 0.4) is 0 Å². The molecule has 1 aromatic carbocycles. The summed E-state index contributed by atoms with van der Waals surface area (Å²) in [7, 11) is -3.93. The van der Waals surface area contributed by atoms with E-state index >= 15 is 0 Å². The normalized spacial score (nSPS) is 10.9. The first kappa shape index (κ1) is 18.5. The van der Waals surface area contributed by atoms with Crippen LogP contribution in [0.4, 0.5) is 10.8 Å². The molecule has 0 saturated heterocycles. The number of carbonyl (C=O) groups is 2. The molecule has 0 radical (unpaired) electrons. The molecule has 0 fully saturated rings. The number of esters is 1. The second kappa shape index (κ2) is 7.36. The molecule has 0 bridgehead atoms. The molecule has 0 aliphatic heterocycles. The number of thiazole rings is 1. The fourth-order valence-corrected chi connectivity index (χ4v) is 4.08. The van der Waals surface area contributed by atoms with E-state index in [0.29, 0.717) is 11.3 Å². The molecule has 1 N–H and O–H groups in total. The van der Waals surface area contributed by atoms with Crippen LogP contribution in [-0.2, 0) is 24.2 Å². The highest BCUT2D eigenvalue weighted by atomic mass is 32.2. The topological polar surface area (TPSA) is 146 Å². The highest BCUT2D eigenvalue weighted by molar-refractivity contribution is 7.93. The van der Waals surface area contributed by atoms with Gasteiger partial charge in [0.05, 0.1) is 16.0 Å². The van der Waals surface area contributed by atoms with Gasteiger partial charge in [-0.1, -0.05) is 11.3 Å². The van der Waals surface area contributed by atoms with Crippen LogP contribution in [0.2, 0.25) is 0 Å². The van der Waals surface area contributed by atoms with Crippen molar-refractivity contribution < 1.29 is 27.7 Å². The van der Waals surface area contributed by atoms with Gasteiger partial charge in [-0.2, -0.15) is 0 Å². The van der Waals surface area contributed by atoms with Crippen LogP contribution in [-0.4, -0.2) is 36.8 Å². The largest absolute Gasteiger partial charge is 0.456 e. The molecule has 0 unspecified atom stereocenters. The highest BCUT2D eigenvalue weighted by Gasteiger charge is 2.22. The summed E-state index contributed by atoms with van der Waals surface area (Å²) < 4.78 is 29.2. The molecule has 25 heavy (non-hydrogen) atoms. The highest BCUT2D eigenvalue weighted by Crippen LogP contribution is 2.29. The molecule has 2 rings (SSSR count). The molecular weight excluding hydrogens is 374 g/mol. The molecule has 1 heterocycles. The zero-order valence-electron chi connectivity index (χ0n) is 12.7. The minimum absolute atomic E-state index is 0.0117. The van der Waals surface area contributed by atoms with Crippen molar-refractivity contribution >= 4 is 43.9 Å². The standard InChI is InChI=1S/C13H11N3O7S2/c1-8(17)23-7-11(18)15-13-14-6-12(24-13)25(21,22)10-4-2-9(3-5-10)16(19)20/h2-6H,7H2,1H3,(H,14,15,18). The molecule has 1 amide bonds. The summed E-state index contributed by atoms with van der Waals surface area (Å²) in [5.74, 6) is -1.29. The molecule has 132 valence electrons. The Balaban J connectivity index is 2.15. The maximum absolute atomic E-state index is 12.4. The zero-order valence-corrected chi connectivity index (χ0v) is 14.3. The first-order valence-corrected chi connectivity index (χ1v) is 8.88. The van der Waals surface area contributed by atoms with Crippen molar-refractivity contribution in [3.8, 4) is 0 Å². The van der Waals surface area contributed by atoms with Crippen molar-refractivity contribution in [3.63, 3.8) is 0 Å². The number of nitro groups is 1. The summed E-state index contributed by atoms with van der Waals surface area (Å²) >= 11 is 0.702. The first-order chi connectivity index (χ1) is 11.7. The summed E-state index contributed by atoms with van der Waals surface area (Å²) in [5.41, 5.74) is -0.235. The minimum Gasteiger partial charge on any atom is -0.456 e. The number of nitrogens with one attached hydrogen (secondary N) is 1. The maximum atomic E-state index is 12.4. The number of non-ortho nitro benzene ring substituents is 1. The molecule has 0 saturated carbocycles. The monoisotopic (exact) mass is 385 g/mol. The van der Waals surface area contributed by atoms with Gasteiger partial charge in [-0.15, -0.1) is 0 Å². The quantitative estimate of drug-likeness (QED) is 0.446. The van der Waals surface area contributed by atoms with Gasteiger partial charge in [0.1, 0.15) is 4.21 Å². The third kappa shape index (κ3) is 4.58. The van der Waals surface area contributed by atoms with Crippen LogP contribution < -0.4 is 5.32 Å². The third-order valence-corrected chi connectivity index (χ3v) is 5.90. The Morgan fingerprint density at radius 1 is 1.32 bits per heavy atom. The number of anilines is 1. The Morgan fingerprint density at radius 3 is 2.52 bits per heavy atom. The van der Waals surface area contributed by atoms with Gasteiger partial charge in [0, 0.05) is 19.1 Å². The van der Waals surface area contributed by atoms with Gasteiger partial charge in [-0.3, -0.25) is 25.0 Å². The van der Waals surface area contributed by atoms with Crippen LogP contribution in [0.1, 0.15) is 6.92 Å². The van der Waals surface area contributed by atoms with E-state index in [1.807, 2.05) is 0 Å². The molecule has 0 spiro atoms. The SMILES string of the molecule is CC(=O)OCC(=O)Nc1ncc(S(=O)(=O)c2ccc([N+](=O)[O-])cc2)s1. The second-order valence-electron chi connectivity index (χ2n) is 4.57. The number of ether oxygens (including phenoxy) is 1. The van der Waals surface area contributed by atoms with Gasteiger partial charge in [-0.05, 0) is 12.1 Å². The lowest BCUT2D eigenvalue weighted by atomic mass is 10.3. The van der Waals surface area contributed by atoms with Gasteiger partial charge in [0.2, 0.25) is 9.84 Å². The number of hydrogen-bond donors (Lipinski definition) is 1. The number of rotatable bonds is 6. The first-order valence-electron chi connectivity index (χ1n) is 6.59. The number of nitro benzene ring substituents is 1. The van der Waals surface area contributed by atoms with E-state index in [2.05, 4.69) is 15.0 Å².